The average Bonchev–Trinajstić information content (AvgIpc) is 3.08. The van der Waals surface area contributed by atoms with Gasteiger partial charge in [0.05, 0.1) is 17.7 Å². The quantitative estimate of drug-likeness (QED) is 0.630. The van der Waals surface area contributed by atoms with E-state index in [1.54, 1.807) is 48.1 Å². The van der Waals surface area contributed by atoms with E-state index in [9.17, 15) is 14.9 Å². The van der Waals surface area contributed by atoms with Crippen molar-refractivity contribution in [3.05, 3.63) is 82.3 Å². The van der Waals surface area contributed by atoms with Crippen LogP contribution in [0.5, 0.6) is 0 Å². The van der Waals surface area contributed by atoms with Gasteiger partial charge >= 0.3 is 0 Å². The van der Waals surface area contributed by atoms with Gasteiger partial charge in [-0.25, -0.2) is 4.98 Å². The summed E-state index contributed by atoms with van der Waals surface area (Å²) >= 11 is 0. The second-order valence-electron chi connectivity index (χ2n) is 7.62. The Morgan fingerprint density at radius 2 is 1.87 bits per heavy atom. The number of pyridine rings is 1. The number of rotatable bonds is 6. The van der Waals surface area contributed by atoms with Gasteiger partial charge in [-0.1, -0.05) is 43.7 Å². The lowest BCUT2D eigenvalue weighted by molar-refractivity contribution is -0.115. The van der Waals surface area contributed by atoms with Crippen molar-refractivity contribution >= 4 is 17.5 Å². The highest BCUT2D eigenvalue weighted by atomic mass is 16.1. The Morgan fingerprint density at radius 3 is 2.50 bits per heavy atom. The maximum atomic E-state index is 12.8. The van der Waals surface area contributed by atoms with Crippen LogP contribution in [-0.2, 0) is 18.3 Å². The van der Waals surface area contributed by atoms with Crippen LogP contribution >= 0.6 is 0 Å². The van der Waals surface area contributed by atoms with E-state index < -0.39 is 0 Å². The predicted molar refractivity (Wildman–Crippen MR) is 115 cm³/mol. The van der Waals surface area contributed by atoms with Crippen LogP contribution < -0.4 is 5.32 Å². The van der Waals surface area contributed by atoms with Gasteiger partial charge in [0.2, 0.25) is 11.7 Å². The summed E-state index contributed by atoms with van der Waals surface area (Å²) in [6, 6.07) is 14.7. The van der Waals surface area contributed by atoms with Gasteiger partial charge in [0.15, 0.2) is 0 Å². The van der Waals surface area contributed by atoms with Crippen LogP contribution in [0.15, 0.2) is 48.7 Å². The Balaban J connectivity index is 1.75. The van der Waals surface area contributed by atoms with E-state index in [1.165, 1.54) is 0 Å². The Kier molecular flexibility index (Phi) is 6.12. The van der Waals surface area contributed by atoms with Crippen LogP contribution in [0.2, 0.25) is 0 Å². The van der Waals surface area contributed by atoms with Crippen LogP contribution in [0.4, 0.5) is 5.82 Å². The highest BCUT2D eigenvalue weighted by Crippen LogP contribution is 2.20. The molecule has 2 heterocycles. The van der Waals surface area contributed by atoms with Crippen molar-refractivity contribution < 1.29 is 9.59 Å². The Bertz CT molecular complexity index is 1140. The number of nitrogens with zero attached hydrogens (tertiary/aromatic N) is 3. The van der Waals surface area contributed by atoms with Crippen molar-refractivity contribution in [2.24, 2.45) is 7.05 Å². The van der Waals surface area contributed by atoms with Crippen molar-refractivity contribution in [3.8, 4) is 6.07 Å². The minimum Gasteiger partial charge on any atom is -0.344 e. The third-order valence-electron chi connectivity index (χ3n) is 5.07. The first-order valence-electron chi connectivity index (χ1n) is 9.76. The van der Waals surface area contributed by atoms with Crippen LogP contribution in [0.3, 0.4) is 0 Å². The standard InChI is InChI=1S/C24H24N4O2/c1-15(2)19-11-18(13-25)24(26-14-19)27-22(29)12-20-9-10-21(28(20)4)23(30)17-7-5-16(3)6-8-17/h5-11,14-15H,12H2,1-4H3,(H,26,27,29). The summed E-state index contributed by atoms with van der Waals surface area (Å²) < 4.78 is 1.72. The van der Waals surface area contributed by atoms with Gasteiger partial charge in [-0.05, 0) is 36.6 Å². The predicted octanol–water partition coefficient (Wildman–Crippen LogP) is 4.14. The number of nitrogens with one attached hydrogen (secondary N) is 1. The summed E-state index contributed by atoms with van der Waals surface area (Å²) in [5, 5.41) is 12.1. The first-order valence-corrected chi connectivity index (χ1v) is 9.76. The van der Waals surface area contributed by atoms with Crippen molar-refractivity contribution in [3.63, 3.8) is 0 Å². The molecule has 152 valence electrons. The molecule has 0 radical (unpaired) electrons. The van der Waals surface area contributed by atoms with Gasteiger partial charge in [0.1, 0.15) is 11.9 Å². The zero-order valence-electron chi connectivity index (χ0n) is 17.6. The smallest absolute Gasteiger partial charge is 0.231 e. The normalized spacial score (nSPS) is 10.7. The first-order chi connectivity index (χ1) is 14.3. The van der Waals surface area contributed by atoms with Gasteiger partial charge in [0.25, 0.3) is 0 Å². The SMILES string of the molecule is Cc1ccc(C(=O)c2ccc(CC(=O)Nc3ncc(C(C)C)cc3C#N)n2C)cc1. The Hall–Kier alpha value is -3.72. The van der Waals surface area contributed by atoms with Crippen molar-refractivity contribution in [1.82, 2.24) is 9.55 Å². The minimum atomic E-state index is -0.299. The number of anilines is 1. The molecule has 0 unspecified atom stereocenters. The summed E-state index contributed by atoms with van der Waals surface area (Å²) in [6.45, 7) is 6.00. The third-order valence-corrected chi connectivity index (χ3v) is 5.07. The molecule has 1 aromatic carbocycles. The molecule has 0 aliphatic rings. The van der Waals surface area contributed by atoms with Gasteiger partial charge in [-0.15, -0.1) is 0 Å². The number of hydrogen-bond donors (Lipinski definition) is 1. The molecule has 1 N–H and O–H groups in total. The molecular formula is C24H24N4O2. The van der Waals surface area contributed by atoms with Gasteiger partial charge in [-0.3, -0.25) is 9.59 Å². The molecular weight excluding hydrogens is 376 g/mol. The number of hydrogen-bond acceptors (Lipinski definition) is 4. The molecule has 6 nitrogen and oxygen atoms in total. The monoisotopic (exact) mass is 400 g/mol. The number of carbonyl (C=O) groups is 2. The van der Waals surface area contributed by atoms with Crippen molar-refractivity contribution in [2.75, 3.05) is 5.32 Å². The summed E-state index contributed by atoms with van der Waals surface area (Å²) in [5.41, 5.74) is 4.16. The molecule has 1 amide bonds. The summed E-state index contributed by atoms with van der Waals surface area (Å²) in [6.07, 6.45) is 1.73. The average molecular weight is 400 g/mol. The Morgan fingerprint density at radius 1 is 1.17 bits per heavy atom. The maximum Gasteiger partial charge on any atom is 0.231 e. The molecule has 30 heavy (non-hydrogen) atoms. The third kappa shape index (κ3) is 4.47. The lowest BCUT2D eigenvalue weighted by Crippen LogP contribution is -2.19. The molecule has 0 saturated carbocycles. The number of benzene rings is 1. The maximum absolute atomic E-state index is 12.8. The van der Waals surface area contributed by atoms with Crippen LogP contribution in [0.1, 0.15) is 58.2 Å². The molecule has 0 aliphatic carbocycles. The second kappa shape index (κ2) is 8.75. The van der Waals surface area contributed by atoms with E-state index in [-0.39, 0.29) is 29.8 Å². The molecule has 3 rings (SSSR count). The second-order valence-corrected chi connectivity index (χ2v) is 7.62. The first kappa shape index (κ1) is 21.0. The molecule has 0 atom stereocenters. The molecule has 0 bridgehead atoms. The highest BCUT2D eigenvalue weighted by Gasteiger charge is 2.17. The topological polar surface area (TPSA) is 87.8 Å². The number of amides is 1. The number of aryl methyl sites for hydroxylation is 1. The van der Waals surface area contributed by atoms with E-state index in [1.807, 2.05) is 32.9 Å². The van der Waals surface area contributed by atoms with Crippen molar-refractivity contribution in [1.29, 1.82) is 5.26 Å². The van der Waals surface area contributed by atoms with Gasteiger partial charge in [-0.2, -0.15) is 5.26 Å². The van der Waals surface area contributed by atoms with E-state index in [2.05, 4.69) is 16.4 Å². The molecule has 2 aromatic heterocycles. The van der Waals surface area contributed by atoms with Gasteiger partial charge in [0, 0.05) is 24.5 Å². The lowest BCUT2D eigenvalue weighted by atomic mass is 10.0. The van der Waals surface area contributed by atoms with E-state index >= 15 is 0 Å². The Labute approximate surface area is 176 Å². The fourth-order valence-electron chi connectivity index (χ4n) is 3.13. The molecule has 0 saturated heterocycles. The van der Waals surface area contributed by atoms with E-state index in [0.717, 1.165) is 11.1 Å². The van der Waals surface area contributed by atoms with E-state index in [0.29, 0.717) is 22.5 Å². The fourth-order valence-corrected chi connectivity index (χ4v) is 3.13. The molecule has 0 aliphatic heterocycles. The van der Waals surface area contributed by atoms with Gasteiger partial charge < -0.3 is 9.88 Å². The molecule has 3 aromatic rings. The number of aromatic nitrogens is 2. The number of carbonyl (C=O) groups excluding carboxylic acids is 2. The number of ketones is 1. The summed E-state index contributed by atoms with van der Waals surface area (Å²) in [4.78, 5) is 29.6. The number of nitriles is 1. The lowest BCUT2D eigenvalue weighted by Gasteiger charge is -2.11. The van der Waals surface area contributed by atoms with Crippen LogP contribution in [-0.4, -0.2) is 21.2 Å². The fraction of sp³-hybridized carbons (Fsp3) is 0.250. The van der Waals surface area contributed by atoms with Crippen LogP contribution in [0.25, 0.3) is 0 Å². The highest BCUT2D eigenvalue weighted by molar-refractivity contribution is 6.08. The van der Waals surface area contributed by atoms with Crippen LogP contribution in [0, 0.1) is 18.3 Å². The van der Waals surface area contributed by atoms with Crippen molar-refractivity contribution in [2.45, 2.75) is 33.1 Å². The zero-order chi connectivity index (χ0) is 21.8. The largest absolute Gasteiger partial charge is 0.344 e. The molecule has 0 fully saturated rings. The summed E-state index contributed by atoms with van der Waals surface area (Å²) in [7, 11) is 1.76. The minimum absolute atomic E-state index is 0.0656. The molecule has 0 spiro atoms. The zero-order valence-corrected chi connectivity index (χ0v) is 17.6. The van der Waals surface area contributed by atoms with E-state index in [4.69, 9.17) is 0 Å². The summed E-state index contributed by atoms with van der Waals surface area (Å²) in [5.74, 6) is 0.0907. The molecule has 6 heteroatoms.